The Bertz CT molecular complexity index is 787. The summed E-state index contributed by atoms with van der Waals surface area (Å²) in [5.41, 5.74) is 0.0129. The Labute approximate surface area is 124 Å². The zero-order valence-electron chi connectivity index (χ0n) is 10.4. The van der Waals surface area contributed by atoms with Gasteiger partial charge in [-0.1, -0.05) is 11.6 Å². The average molecular weight is 302 g/mol. The molecule has 0 saturated carbocycles. The topological polar surface area (TPSA) is 97.1 Å². The van der Waals surface area contributed by atoms with Gasteiger partial charge >= 0.3 is 0 Å². The molecule has 0 bridgehead atoms. The van der Waals surface area contributed by atoms with Crippen LogP contribution in [-0.4, -0.2) is 11.2 Å². The molecule has 0 aliphatic rings. The second-order valence-electron chi connectivity index (χ2n) is 3.90. The molecule has 2 rings (SSSR count). The van der Waals surface area contributed by atoms with Gasteiger partial charge in [-0.2, -0.15) is 5.26 Å². The fraction of sp³-hybridized carbons (Fsp3) is 0. The van der Waals surface area contributed by atoms with Crippen molar-refractivity contribution < 1.29 is 14.1 Å². The SMILES string of the molecule is N#CC([C]=O)=Cc1ccc(-c2ccc(Cl)c([N+](=O)[O-])c2)o1. The van der Waals surface area contributed by atoms with E-state index in [1.807, 2.05) is 0 Å². The number of benzene rings is 1. The fourth-order valence-corrected chi connectivity index (χ4v) is 1.80. The Balaban J connectivity index is 2.41. The van der Waals surface area contributed by atoms with Crippen molar-refractivity contribution in [3.8, 4) is 17.4 Å². The third kappa shape index (κ3) is 3.16. The highest BCUT2D eigenvalue weighted by molar-refractivity contribution is 6.32. The van der Waals surface area contributed by atoms with E-state index in [9.17, 15) is 14.9 Å². The molecule has 1 aromatic heterocycles. The molecule has 0 amide bonds. The second-order valence-corrected chi connectivity index (χ2v) is 4.30. The van der Waals surface area contributed by atoms with E-state index in [0.717, 1.165) is 0 Å². The van der Waals surface area contributed by atoms with Gasteiger partial charge in [-0.3, -0.25) is 14.9 Å². The van der Waals surface area contributed by atoms with E-state index in [-0.39, 0.29) is 22.0 Å². The zero-order valence-corrected chi connectivity index (χ0v) is 11.1. The van der Waals surface area contributed by atoms with Crippen LogP contribution in [0.25, 0.3) is 17.4 Å². The number of furan rings is 1. The highest BCUT2D eigenvalue weighted by Crippen LogP contribution is 2.31. The van der Waals surface area contributed by atoms with Crippen LogP contribution in [0.5, 0.6) is 0 Å². The third-order valence-electron chi connectivity index (χ3n) is 2.57. The Morgan fingerprint density at radius 1 is 1.38 bits per heavy atom. The first-order valence-electron chi connectivity index (χ1n) is 5.59. The molecule has 6 nitrogen and oxygen atoms in total. The van der Waals surface area contributed by atoms with Crippen molar-refractivity contribution in [2.75, 3.05) is 0 Å². The van der Waals surface area contributed by atoms with Crippen LogP contribution < -0.4 is 0 Å². The summed E-state index contributed by atoms with van der Waals surface area (Å²) >= 11 is 5.73. The number of nitro groups is 1. The number of rotatable bonds is 4. The van der Waals surface area contributed by atoms with E-state index < -0.39 is 4.92 Å². The molecule has 0 fully saturated rings. The summed E-state index contributed by atoms with van der Waals surface area (Å²) in [6.07, 6.45) is 2.69. The van der Waals surface area contributed by atoms with Crippen LogP contribution in [0.4, 0.5) is 5.69 Å². The van der Waals surface area contributed by atoms with Crippen molar-refractivity contribution in [3.63, 3.8) is 0 Å². The maximum absolute atomic E-state index is 10.8. The summed E-state index contributed by atoms with van der Waals surface area (Å²) in [6, 6.07) is 9.00. The molecule has 0 atom stereocenters. The molecular weight excluding hydrogens is 296 g/mol. The van der Waals surface area contributed by atoms with Gasteiger partial charge in [0.25, 0.3) is 5.69 Å². The first-order valence-corrected chi connectivity index (χ1v) is 5.97. The Hall–Kier alpha value is -2.91. The lowest BCUT2D eigenvalue weighted by molar-refractivity contribution is -0.384. The van der Waals surface area contributed by atoms with E-state index >= 15 is 0 Å². The number of hydrogen-bond donors (Lipinski definition) is 0. The minimum absolute atomic E-state index is 0.0257. The molecule has 0 aliphatic heterocycles. The number of allylic oxidation sites excluding steroid dienone is 1. The Kier molecular flexibility index (Phi) is 4.16. The van der Waals surface area contributed by atoms with Crippen LogP contribution in [0.3, 0.4) is 0 Å². The van der Waals surface area contributed by atoms with Gasteiger partial charge in [0.15, 0.2) is 0 Å². The number of hydrogen-bond acceptors (Lipinski definition) is 5. The second kappa shape index (κ2) is 6.03. The number of nitro benzene ring substituents is 1. The van der Waals surface area contributed by atoms with Crippen molar-refractivity contribution in [3.05, 3.63) is 56.8 Å². The predicted molar refractivity (Wildman–Crippen MR) is 75.1 cm³/mol. The summed E-state index contributed by atoms with van der Waals surface area (Å²) < 4.78 is 5.41. The lowest BCUT2D eigenvalue weighted by Gasteiger charge is -1.99. The van der Waals surface area contributed by atoms with Gasteiger partial charge in [-0.15, -0.1) is 0 Å². The van der Waals surface area contributed by atoms with Crippen LogP contribution in [0.1, 0.15) is 5.76 Å². The Morgan fingerprint density at radius 3 is 2.76 bits per heavy atom. The molecule has 0 unspecified atom stereocenters. The predicted octanol–water partition coefficient (Wildman–Crippen LogP) is 3.52. The van der Waals surface area contributed by atoms with Crippen molar-refractivity contribution >= 4 is 29.7 Å². The van der Waals surface area contributed by atoms with Gasteiger partial charge in [-0.05, 0) is 24.3 Å². The summed E-state index contributed by atoms with van der Waals surface area (Å²) in [5.74, 6) is 0.617. The lowest BCUT2D eigenvalue weighted by Crippen LogP contribution is -1.89. The number of carbonyl (C=O) groups excluding carboxylic acids is 1. The maximum atomic E-state index is 10.8. The Morgan fingerprint density at radius 2 is 2.14 bits per heavy atom. The zero-order chi connectivity index (χ0) is 15.4. The molecule has 0 saturated heterocycles. The van der Waals surface area contributed by atoms with E-state index in [1.165, 1.54) is 30.6 Å². The highest BCUT2D eigenvalue weighted by Gasteiger charge is 2.15. The molecule has 1 aromatic carbocycles. The van der Waals surface area contributed by atoms with Crippen molar-refractivity contribution in [2.24, 2.45) is 0 Å². The van der Waals surface area contributed by atoms with Crippen LogP contribution in [0, 0.1) is 21.4 Å². The molecule has 1 heterocycles. The van der Waals surface area contributed by atoms with Crippen molar-refractivity contribution in [1.29, 1.82) is 5.26 Å². The smallest absolute Gasteiger partial charge is 0.288 e. The van der Waals surface area contributed by atoms with Crippen LogP contribution in [0.15, 0.2) is 40.3 Å². The lowest BCUT2D eigenvalue weighted by atomic mass is 10.1. The first kappa shape index (κ1) is 14.5. The van der Waals surface area contributed by atoms with Crippen LogP contribution >= 0.6 is 11.6 Å². The van der Waals surface area contributed by atoms with E-state index in [1.54, 1.807) is 18.2 Å². The minimum atomic E-state index is -0.593. The van der Waals surface area contributed by atoms with Gasteiger partial charge in [0.05, 0.1) is 4.92 Å². The van der Waals surface area contributed by atoms with Gasteiger partial charge in [-0.25, -0.2) is 0 Å². The van der Waals surface area contributed by atoms with Crippen molar-refractivity contribution in [2.45, 2.75) is 0 Å². The molecule has 21 heavy (non-hydrogen) atoms. The van der Waals surface area contributed by atoms with Gasteiger partial charge in [0, 0.05) is 17.7 Å². The highest BCUT2D eigenvalue weighted by atomic mass is 35.5. The molecule has 0 spiro atoms. The van der Waals surface area contributed by atoms with E-state index in [2.05, 4.69) is 0 Å². The monoisotopic (exact) mass is 301 g/mol. The number of nitrogens with zero attached hydrogens (tertiary/aromatic N) is 2. The average Bonchev–Trinajstić information content (AvgIpc) is 2.93. The molecule has 0 aliphatic carbocycles. The van der Waals surface area contributed by atoms with E-state index in [0.29, 0.717) is 11.3 Å². The largest absolute Gasteiger partial charge is 0.457 e. The minimum Gasteiger partial charge on any atom is -0.457 e. The summed E-state index contributed by atoms with van der Waals surface area (Å²) in [6.45, 7) is 0. The standard InChI is InChI=1S/C14H6ClN2O4/c15-12-3-1-10(6-13(12)17(19)20)14-4-2-11(21-14)5-9(7-16)8-18/h1-6H. The van der Waals surface area contributed by atoms with Crippen LogP contribution in [0.2, 0.25) is 5.02 Å². The molecule has 103 valence electrons. The molecule has 7 heteroatoms. The van der Waals surface area contributed by atoms with Crippen molar-refractivity contribution in [1.82, 2.24) is 0 Å². The van der Waals surface area contributed by atoms with Crippen LogP contribution in [-0.2, 0) is 4.79 Å². The molecular formula is C14H6ClN2O4. The maximum Gasteiger partial charge on any atom is 0.288 e. The number of nitriles is 1. The molecule has 0 N–H and O–H groups in total. The number of halogens is 1. The summed E-state index contributed by atoms with van der Waals surface area (Å²) in [7, 11) is 0. The first-order chi connectivity index (χ1) is 10.0. The quantitative estimate of drug-likeness (QED) is 0.372. The van der Waals surface area contributed by atoms with E-state index in [4.69, 9.17) is 21.3 Å². The normalized spacial score (nSPS) is 11.0. The van der Waals surface area contributed by atoms with Gasteiger partial charge < -0.3 is 4.42 Å². The van der Waals surface area contributed by atoms with Gasteiger partial charge in [0.1, 0.15) is 28.2 Å². The molecule has 1 radical (unpaired) electrons. The molecule has 2 aromatic rings. The summed E-state index contributed by atoms with van der Waals surface area (Å²) in [4.78, 5) is 20.7. The fourth-order valence-electron chi connectivity index (χ4n) is 1.62. The summed E-state index contributed by atoms with van der Waals surface area (Å²) in [5, 5.41) is 19.5. The van der Waals surface area contributed by atoms with Gasteiger partial charge in [0.2, 0.25) is 6.29 Å². The third-order valence-corrected chi connectivity index (χ3v) is 2.89.